The molecule has 2 aliphatic rings. The van der Waals surface area contributed by atoms with Crippen molar-refractivity contribution in [3.63, 3.8) is 0 Å². The molecule has 1 aliphatic heterocycles. The van der Waals surface area contributed by atoms with Gasteiger partial charge in [0.1, 0.15) is 11.3 Å². The van der Waals surface area contributed by atoms with Gasteiger partial charge in [-0.1, -0.05) is 48.0 Å². The maximum absolute atomic E-state index is 11.7. The van der Waals surface area contributed by atoms with Gasteiger partial charge in [-0.05, 0) is 68.2 Å². The van der Waals surface area contributed by atoms with Gasteiger partial charge < -0.3 is 14.4 Å². The Balaban J connectivity index is 1.74. The quantitative estimate of drug-likeness (QED) is 0.477. The molecule has 0 atom stereocenters. The summed E-state index contributed by atoms with van der Waals surface area (Å²) in [7, 11) is 0. The van der Waals surface area contributed by atoms with Gasteiger partial charge in [-0.3, -0.25) is 0 Å². The molecule has 0 saturated heterocycles. The topological polar surface area (TPSA) is 79.5 Å². The maximum Gasteiger partial charge on any atom is 0.335 e. The molecule has 0 saturated carbocycles. The first kappa shape index (κ1) is 24.1. The number of aliphatic carboxylic acids is 1. The summed E-state index contributed by atoms with van der Waals surface area (Å²) in [6.45, 7) is 4.90. The summed E-state index contributed by atoms with van der Waals surface area (Å²) >= 11 is 12.5. The molecule has 2 aromatic heterocycles. The molecule has 36 heavy (non-hydrogen) atoms. The monoisotopic (exact) mass is 519 g/mol. The Morgan fingerprint density at radius 3 is 2.75 bits per heavy atom. The molecule has 3 aromatic rings. The smallest absolute Gasteiger partial charge is 0.335 e. The molecule has 8 heteroatoms. The molecule has 1 aliphatic carbocycles. The van der Waals surface area contributed by atoms with Gasteiger partial charge in [0, 0.05) is 27.7 Å². The van der Waals surface area contributed by atoms with Crippen molar-refractivity contribution >= 4 is 58.1 Å². The highest BCUT2D eigenvalue weighted by molar-refractivity contribution is 6.31. The third-order valence-corrected chi connectivity index (χ3v) is 6.56. The fourth-order valence-electron chi connectivity index (χ4n) is 4.22. The van der Waals surface area contributed by atoms with E-state index >= 15 is 0 Å². The molecule has 6 nitrogen and oxygen atoms in total. The Kier molecular flexibility index (Phi) is 6.81. The Hall–Kier alpha value is -3.61. The van der Waals surface area contributed by atoms with E-state index in [9.17, 15) is 9.90 Å². The first-order valence-corrected chi connectivity index (χ1v) is 12.4. The molecule has 0 spiro atoms. The van der Waals surface area contributed by atoms with Crippen molar-refractivity contribution in [2.75, 3.05) is 11.4 Å². The molecule has 182 valence electrons. The van der Waals surface area contributed by atoms with E-state index in [0.717, 1.165) is 24.6 Å². The first-order valence-electron chi connectivity index (χ1n) is 11.6. The van der Waals surface area contributed by atoms with Crippen LogP contribution in [-0.2, 0) is 4.79 Å². The van der Waals surface area contributed by atoms with Crippen molar-refractivity contribution in [1.82, 2.24) is 9.97 Å². The van der Waals surface area contributed by atoms with Crippen LogP contribution < -0.4 is 15.6 Å². The number of fused-ring (bicyclic) bond motifs is 2. The second-order valence-corrected chi connectivity index (χ2v) is 9.44. The highest BCUT2D eigenvalue weighted by Crippen LogP contribution is 2.34. The number of hydrogen-bond donors (Lipinski definition) is 1. The lowest BCUT2D eigenvalue weighted by Crippen LogP contribution is -2.36. The summed E-state index contributed by atoms with van der Waals surface area (Å²) < 4.78 is 6.18. The van der Waals surface area contributed by atoms with Crippen molar-refractivity contribution in [2.24, 2.45) is 0 Å². The van der Waals surface area contributed by atoms with Gasteiger partial charge in [-0.15, -0.1) is 0 Å². The van der Waals surface area contributed by atoms with Crippen molar-refractivity contribution < 1.29 is 14.3 Å². The molecular weight excluding hydrogens is 497 g/mol. The minimum absolute atomic E-state index is 0.174. The molecule has 0 unspecified atom stereocenters. The second-order valence-electron chi connectivity index (χ2n) is 8.57. The number of carboxylic acid groups (broad SMARTS) is 1. The van der Waals surface area contributed by atoms with Crippen molar-refractivity contribution in [1.29, 1.82) is 0 Å². The third kappa shape index (κ3) is 5.01. The largest absolute Gasteiger partial charge is 0.478 e. The molecule has 0 fully saturated rings. The van der Waals surface area contributed by atoms with Gasteiger partial charge in [-0.2, -0.15) is 0 Å². The first-order chi connectivity index (χ1) is 17.4. The SMILES string of the molecule is C=C1/C=C\C(Cl)=C/CCCCN1c1nc2c(nc1-c1cc3cc(Cl)ccc3o1)=CCC=C(C(=O)O)C=2. The van der Waals surface area contributed by atoms with Crippen LogP contribution in [-0.4, -0.2) is 27.6 Å². The predicted octanol–water partition coefficient (Wildman–Crippen LogP) is 5.70. The van der Waals surface area contributed by atoms with E-state index in [-0.39, 0.29) is 5.57 Å². The number of halogens is 2. The Bertz CT molecular complexity index is 1600. The minimum Gasteiger partial charge on any atom is -0.478 e. The molecule has 0 bridgehead atoms. The number of furan rings is 1. The van der Waals surface area contributed by atoms with Crippen LogP contribution in [0.5, 0.6) is 0 Å². The second kappa shape index (κ2) is 10.2. The van der Waals surface area contributed by atoms with Gasteiger partial charge in [0.15, 0.2) is 11.6 Å². The highest BCUT2D eigenvalue weighted by atomic mass is 35.5. The lowest BCUT2D eigenvalue weighted by molar-refractivity contribution is -0.132. The average Bonchev–Trinajstić information content (AvgIpc) is 3.15. The maximum atomic E-state index is 11.7. The van der Waals surface area contributed by atoms with E-state index in [1.54, 1.807) is 18.2 Å². The van der Waals surface area contributed by atoms with Crippen LogP contribution in [0.4, 0.5) is 5.82 Å². The number of allylic oxidation sites excluding steroid dienone is 5. The van der Waals surface area contributed by atoms with Gasteiger partial charge in [0.05, 0.1) is 16.3 Å². The van der Waals surface area contributed by atoms with E-state index in [4.69, 9.17) is 37.6 Å². The summed E-state index contributed by atoms with van der Waals surface area (Å²) in [6, 6.07) is 7.32. The van der Waals surface area contributed by atoms with Crippen LogP contribution in [0.1, 0.15) is 25.7 Å². The molecule has 3 heterocycles. The minimum atomic E-state index is -1.01. The summed E-state index contributed by atoms with van der Waals surface area (Å²) in [4.78, 5) is 23.6. The Labute approximate surface area is 217 Å². The normalized spacial score (nSPS) is 18.7. The van der Waals surface area contributed by atoms with Crippen LogP contribution in [0.2, 0.25) is 5.02 Å². The summed E-state index contributed by atoms with van der Waals surface area (Å²) in [6.07, 6.45) is 13.8. The number of carbonyl (C=O) groups is 1. The standard InChI is InChI=1S/C28H23Cl2N3O3/c1-17-9-10-20(29)7-3-2-4-13-33(17)27-26(25-16-19-14-21(30)11-12-24(19)36-25)31-22-8-5-6-18(28(34)35)15-23(22)32-27/h6-12,14-16H,1-5,13H2,(H,34,35)/b10-9-,20-7+. The number of rotatable bonds is 3. The number of benzene rings is 1. The average molecular weight is 520 g/mol. The van der Waals surface area contributed by atoms with Crippen LogP contribution >= 0.6 is 23.2 Å². The molecular formula is C28H23Cl2N3O3. The molecule has 0 amide bonds. The zero-order valence-electron chi connectivity index (χ0n) is 19.4. The fraction of sp³-hybridized carbons (Fsp3) is 0.179. The molecule has 1 N–H and O–H groups in total. The molecule has 0 radical (unpaired) electrons. The molecule has 5 rings (SSSR count). The van der Waals surface area contributed by atoms with Gasteiger partial charge in [0.25, 0.3) is 0 Å². The molecule has 1 aromatic carbocycles. The predicted molar refractivity (Wildman–Crippen MR) is 144 cm³/mol. The van der Waals surface area contributed by atoms with Crippen molar-refractivity contribution in [3.8, 4) is 11.5 Å². The zero-order valence-corrected chi connectivity index (χ0v) is 20.9. The fourth-order valence-corrected chi connectivity index (χ4v) is 4.57. The van der Waals surface area contributed by atoms with Crippen LogP contribution in [0, 0.1) is 0 Å². The number of nitrogens with zero attached hydrogens (tertiary/aromatic N) is 3. The number of anilines is 1. The Morgan fingerprint density at radius 1 is 1.06 bits per heavy atom. The van der Waals surface area contributed by atoms with E-state index in [1.165, 1.54) is 0 Å². The van der Waals surface area contributed by atoms with Gasteiger partial charge in [-0.25, -0.2) is 14.8 Å². The van der Waals surface area contributed by atoms with E-state index < -0.39 is 5.97 Å². The number of carboxylic acids is 1. The Morgan fingerprint density at radius 2 is 1.92 bits per heavy atom. The number of aromatic nitrogens is 2. The zero-order chi connectivity index (χ0) is 25.2. The van der Waals surface area contributed by atoms with E-state index in [1.807, 2.05) is 47.4 Å². The van der Waals surface area contributed by atoms with Crippen molar-refractivity contribution in [3.05, 3.63) is 87.2 Å². The summed E-state index contributed by atoms with van der Waals surface area (Å²) in [5.41, 5.74) is 2.08. The van der Waals surface area contributed by atoms with E-state index in [0.29, 0.717) is 62.3 Å². The van der Waals surface area contributed by atoms with Crippen molar-refractivity contribution in [2.45, 2.75) is 25.7 Å². The lowest BCUT2D eigenvalue weighted by Gasteiger charge is -2.26. The van der Waals surface area contributed by atoms with Gasteiger partial charge in [0.2, 0.25) is 0 Å². The lowest BCUT2D eigenvalue weighted by atomic mass is 10.1. The summed E-state index contributed by atoms with van der Waals surface area (Å²) in [5.74, 6) is 0.0598. The van der Waals surface area contributed by atoms with Gasteiger partial charge >= 0.3 is 5.97 Å². The van der Waals surface area contributed by atoms with Crippen LogP contribution in [0.15, 0.2) is 75.9 Å². The third-order valence-electron chi connectivity index (χ3n) is 6.05. The van der Waals surface area contributed by atoms with Crippen LogP contribution in [0.3, 0.4) is 0 Å². The van der Waals surface area contributed by atoms with Crippen LogP contribution in [0.25, 0.3) is 34.6 Å². The number of hydrogen-bond acceptors (Lipinski definition) is 5. The highest BCUT2D eigenvalue weighted by Gasteiger charge is 2.22. The van der Waals surface area contributed by atoms with E-state index in [2.05, 4.69) is 6.58 Å². The summed E-state index contributed by atoms with van der Waals surface area (Å²) in [5, 5.41) is 12.8.